The average molecular weight is 284 g/mol. The van der Waals surface area contributed by atoms with Crippen LogP contribution in [-0.4, -0.2) is 24.2 Å². The lowest BCUT2D eigenvalue weighted by molar-refractivity contribution is 0.0607. The molecule has 3 atom stereocenters. The smallest absolute Gasteiger partial charge is 0.0795 e. The molecule has 1 aliphatic heterocycles. The van der Waals surface area contributed by atoms with Gasteiger partial charge in [0, 0.05) is 18.2 Å². The van der Waals surface area contributed by atoms with Gasteiger partial charge >= 0.3 is 0 Å². The van der Waals surface area contributed by atoms with E-state index in [-0.39, 0.29) is 12.1 Å². The number of fused-ring (bicyclic) bond motifs is 1. The lowest BCUT2D eigenvalue weighted by Gasteiger charge is -2.28. The maximum absolute atomic E-state index is 6.01. The Balaban J connectivity index is 1.92. The molecule has 1 N–H and O–H groups in total. The highest BCUT2D eigenvalue weighted by molar-refractivity contribution is 5.79. The molecule has 3 rings (SSSR count). The first-order valence-corrected chi connectivity index (χ1v) is 7.99. The van der Waals surface area contributed by atoms with Crippen molar-refractivity contribution in [1.29, 1.82) is 0 Å². The van der Waals surface area contributed by atoms with Gasteiger partial charge in [-0.15, -0.1) is 0 Å². The van der Waals surface area contributed by atoms with Gasteiger partial charge in [0.25, 0.3) is 0 Å². The first-order chi connectivity index (χ1) is 10.3. The summed E-state index contributed by atoms with van der Waals surface area (Å²) in [6, 6.07) is 11.0. The van der Waals surface area contributed by atoms with E-state index in [9.17, 15) is 0 Å². The van der Waals surface area contributed by atoms with E-state index in [1.54, 1.807) is 0 Å². The molecule has 2 aromatic rings. The lowest BCUT2D eigenvalue weighted by Crippen LogP contribution is -2.35. The number of hydrogen-bond donors (Lipinski definition) is 1. The van der Waals surface area contributed by atoms with Crippen molar-refractivity contribution >= 4 is 10.9 Å². The first kappa shape index (κ1) is 14.5. The van der Waals surface area contributed by atoms with Crippen LogP contribution >= 0.6 is 0 Å². The fraction of sp³-hybridized carbons (Fsp3) is 0.500. The Morgan fingerprint density at radius 3 is 3.05 bits per heavy atom. The van der Waals surface area contributed by atoms with Crippen molar-refractivity contribution in [2.75, 3.05) is 13.2 Å². The molecule has 1 aliphatic rings. The molecule has 0 bridgehead atoms. The van der Waals surface area contributed by atoms with Crippen LogP contribution in [-0.2, 0) is 4.74 Å². The zero-order valence-electron chi connectivity index (χ0n) is 12.9. The van der Waals surface area contributed by atoms with Crippen molar-refractivity contribution in [2.45, 2.75) is 38.8 Å². The molecule has 3 heteroatoms. The van der Waals surface area contributed by atoms with E-state index in [1.165, 1.54) is 10.9 Å². The van der Waals surface area contributed by atoms with Crippen LogP contribution in [0.15, 0.2) is 36.5 Å². The summed E-state index contributed by atoms with van der Waals surface area (Å²) in [4.78, 5) is 4.40. The molecule has 0 aliphatic carbocycles. The van der Waals surface area contributed by atoms with Gasteiger partial charge in [0.2, 0.25) is 0 Å². The normalized spacial score (nSPS) is 23.5. The van der Waals surface area contributed by atoms with Crippen molar-refractivity contribution in [3.05, 3.63) is 42.1 Å². The molecule has 0 spiro atoms. The van der Waals surface area contributed by atoms with Crippen molar-refractivity contribution in [2.24, 2.45) is 5.92 Å². The van der Waals surface area contributed by atoms with E-state index in [2.05, 4.69) is 48.4 Å². The third-order valence-electron chi connectivity index (χ3n) is 4.37. The molecule has 0 saturated carbocycles. The maximum Gasteiger partial charge on any atom is 0.0795 e. The minimum Gasteiger partial charge on any atom is -0.376 e. The van der Waals surface area contributed by atoms with Crippen LogP contribution in [0.2, 0.25) is 0 Å². The van der Waals surface area contributed by atoms with Gasteiger partial charge in [-0.25, -0.2) is 0 Å². The van der Waals surface area contributed by atoms with Crippen LogP contribution in [0.4, 0.5) is 0 Å². The molecule has 3 nitrogen and oxygen atoms in total. The van der Waals surface area contributed by atoms with Gasteiger partial charge in [0.05, 0.1) is 17.7 Å². The second-order valence-electron chi connectivity index (χ2n) is 5.99. The highest BCUT2D eigenvalue weighted by Crippen LogP contribution is 2.32. The third-order valence-corrected chi connectivity index (χ3v) is 4.37. The van der Waals surface area contributed by atoms with E-state index < -0.39 is 0 Å². The summed E-state index contributed by atoms with van der Waals surface area (Å²) in [6.07, 6.45) is 4.40. The average Bonchev–Trinajstić information content (AvgIpc) is 2.94. The molecule has 1 saturated heterocycles. The fourth-order valence-electron chi connectivity index (χ4n) is 3.15. The fourth-order valence-corrected chi connectivity index (χ4v) is 3.15. The molecular weight excluding hydrogens is 260 g/mol. The van der Waals surface area contributed by atoms with Gasteiger partial charge in [-0.1, -0.05) is 26.0 Å². The molecule has 0 amide bonds. The number of aromatic nitrogens is 1. The Labute approximate surface area is 126 Å². The van der Waals surface area contributed by atoms with E-state index in [0.717, 1.165) is 31.5 Å². The zero-order valence-corrected chi connectivity index (χ0v) is 12.9. The van der Waals surface area contributed by atoms with Crippen LogP contribution < -0.4 is 5.32 Å². The highest BCUT2D eigenvalue weighted by atomic mass is 16.5. The van der Waals surface area contributed by atoms with Crippen molar-refractivity contribution in [1.82, 2.24) is 10.3 Å². The highest BCUT2D eigenvalue weighted by Gasteiger charge is 2.32. The molecule has 112 valence electrons. The topological polar surface area (TPSA) is 34.2 Å². The number of nitrogens with zero attached hydrogens (tertiary/aromatic N) is 1. The minimum atomic E-state index is 0.269. The molecule has 1 aromatic carbocycles. The summed E-state index contributed by atoms with van der Waals surface area (Å²) in [5.74, 6) is 0.601. The van der Waals surface area contributed by atoms with Crippen LogP contribution in [0.5, 0.6) is 0 Å². The molecule has 21 heavy (non-hydrogen) atoms. The number of pyridine rings is 1. The van der Waals surface area contributed by atoms with Gasteiger partial charge in [-0.3, -0.25) is 4.98 Å². The second-order valence-corrected chi connectivity index (χ2v) is 5.99. The molecule has 1 fully saturated rings. The second kappa shape index (κ2) is 6.54. The predicted molar refractivity (Wildman–Crippen MR) is 86.3 cm³/mol. The zero-order chi connectivity index (χ0) is 14.7. The Bertz CT molecular complexity index is 599. The third kappa shape index (κ3) is 3.09. The van der Waals surface area contributed by atoms with Crippen LogP contribution in [0, 0.1) is 5.92 Å². The van der Waals surface area contributed by atoms with E-state index in [1.807, 2.05) is 12.3 Å². The molecule has 1 aromatic heterocycles. The summed E-state index contributed by atoms with van der Waals surface area (Å²) in [5, 5.41) is 4.88. The summed E-state index contributed by atoms with van der Waals surface area (Å²) in [5.41, 5.74) is 2.36. The molecule has 0 radical (unpaired) electrons. The Kier molecular flexibility index (Phi) is 4.51. The van der Waals surface area contributed by atoms with E-state index in [4.69, 9.17) is 4.74 Å². The summed E-state index contributed by atoms with van der Waals surface area (Å²) >= 11 is 0. The van der Waals surface area contributed by atoms with Crippen LogP contribution in [0.3, 0.4) is 0 Å². The number of rotatable bonds is 5. The van der Waals surface area contributed by atoms with Crippen LogP contribution in [0.25, 0.3) is 10.9 Å². The predicted octanol–water partition coefficient (Wildman–Crippen LogP) is 3.70. The minimum absolute atomic E-state index is 0.269. The van der Waals surface area contributed by atoms with Gasteiger partial charge in [0.15, 0.2) is 0 Å². The van der Waals surface area contributed by atoms with Crippen molar-refractivity contribution in [3.8, 4) is 0 Å². The summed E-state index contributed by atoms with van der Waals surface area (Å²) in [7, 11) is 0. The van der Waals surface area contributed by atoms with Crippen molar-refractivity contribution in [3.63, 3.8) is 0 Å². The van der Waals surface area contributed by atoms with Gasteiger partial charge in [-0.2, -0.15) is 0 Å². The van der Waals surface area contributed by atoms with E-state index >= 15 is 0 Å². The Hall–Kier alpha value is -1.45. The molecule has 2 heterocycles. The van der Waals surface area contributed by atoms with Crippen LogP contribution in [0.1, 0.15) is 38.3 Å². The number of ether oxygens (including phenoxy) is 1. The summed E-state index contributed by atoms with van der Waals surface area (Å²) in [6.45, 7) is 6.39. The van der Waals surface area contributed by atoms with Gasteiger partial charge in [0.1, 0.15) is 0 Å². The van der Waals surface area contributed by atoms with Crippen molar-refractivity contribution < 1.29 is 4.74 Å². The largest absolute Gasteiger partial charge is 0.376 e. The number of hydrogen-bond acceptors (Lipinski definition) is 3. The monoisotopic (exact) mass is 284 g/mol. The molecular formula is C18H24N2O. The number of nitrogens with one attached hydrogen (secondary N) is 1. The standard InChI is InChI=1S/C18H24N2O/c1-3-9-20-17(18-13(2)8-11-21-18)15-6-7-16-14(12-15)5-4-10-19-16/h4-7,10,12-13,17-18,20H,3,8-9,11H2,1-2H3. The van der Waals surface area contributed by atoms with E-state index in [0.29, 0.717) is 5.92 Å². The SMILES string of the molecule is CCCNC(c1ccc2ncccc2c1)C1OCCC1C. The maximum atomic E-state index is 6.01. The molecule has 3 unspecified atom stereocenters. The lowest BCUT2D eigenvalue weighted by atomic mass is 9.91. The summed E-state index contributed by atoms with van der Waals surface area (Å²) < 4.78 is 6.01. The Morgan fingerprint density at radius 2 is 2.29 bits per heavy atom. The number of benzene rings is 1. The van der Waals surface area contributed by atoms with Gasteiger partial charge in [-0.05, 0) is 49.1 Å². The Morgan fingerprint density at radius 1 is 1.38 bits per heavy atom. The quantitative estimate of drug-likeness (QED) is 0.909. The first-order valence-electron chi connectivity index (χ1n) is 7.99. The van der Waals surface area contributed by atoms with Gasteiger partial charge < -0.3 is 10.1 Å².